The maximum Gasteiger partial charge on any atom is 0.425 e. The topological polar surface area (TPSA) is 58.8 Å². The van der Waals surface area contributed by atoms with Gasteiger partial charge in [0.2, 0.25) is 0 Å². The number of nitrogen functional groups attached to an aromatic ring is 1. The summed E-state index contributed by atoms with van der Waals surface area (Å²) in [7, 11) is 0. The Balaban J connectivity index is 1.47. The van der Waals surface area contributed by atoms with Crippen LogP contribution in [0.1, 0.15) is 25.3 Å². The highest BCUT2D eigenvalue weighted by atomic mass is 35.5. The van der Waals surface area contributed by atoms with E-state index in [4.69, 9.17) is 17.3 Å². The number of nitrogens with zero attached hydrogens (tertiary/aromatic N) is 2. The predicted octanol–water partition coefficient (Wildman–Crippen LogP) is 3.91. The molecule has 2 fully saturated rings. The normalized spacial score (nSPS) is 21.0. The Bertz CT molecular complexity index is 677. The molecule has 1 atom stereocenters. The molecule has 9 heteroatoms. The first-order valence-corrected chi connectivity index (χ1v) is 9.25. The van der Waals surface area contributed by atoms with Gasteiger partial charge in [0.05, 0.1) is 0 Å². The van der Waals surface area contributed by atoms with Gasteiger partial charge in [-0.3, -0.25) is 4.90 Å². The molecule has 1 spiro atoms. The van der Waals surface area contributed by atoms with Crippen molar-refractivity contribution in [2.75, 3.05) is 31.9 Å². The molecular formula is C18H23ClF3N3O2. The highest BCUT2D eigenvalue weighted by Crippen LogP contribution is 2.42. The van der Waals surface area contributed by atoms with Crippen molar-refractivity contribution in [1.82, 2.24) is 9.80 Å². The van der Waals surface area contributed by atoms with Crippen LogP contribution in [0.4, 0.5) is 23.7 Å². The maximum absolute atomic E-state index is 12.5. The molecule has 1 unspecified atom stereocenters. The van der Waals surface area contributed by atoms with Gasteiger partial charge in [-0.2, -0.15) is 13.2 Å². The fourth-order valence-electron chi connectivity index (χ4n) is 3.75. The fraction of sp³-hybridized carbons (Fsp3) is 0.611. The van der Waals surface area contributed by atoms with Gasteiger partial charge in [0.1, 0.15) is 0 Å². The third kappa shape index (κ3) is 4.43. The second-order valence-corrected chi connectivity index (χ2v) is 7.91. The van der Waals surface area contributed by atoms with E-state index in [0.717, 1.165) is 38.4 Å². The van der Waals surface area contributed by atoms with E-state index in [0.29, 0.717) is 30.3 Å². The number of amides is 1. The van der Waals surface area contributed by atoms with E-state index >= 15 is 0 Å². The molecular weight excluding hydrogens is 383 g/mol. The van der Waals surface area contributed by atoms with Crippen LogP contribution in [0.2, 0.25) is 5.02 Å². The molecule has 0 bridgehead atoms. The number of likely N-dealkylation sites (tertiary alicyclic amines) is 2. The molecule has 0 saturated carbocycles. The molecule has 27 heavy (non-hydrogen) atoms. The lowest BCUT2D eigenvalue weighted by Gasteiger charge is -2.54. The second kappa shape index (κ2) is 7.39. The van der Waals surface area contributed by atoms with Crippen molar-refractivity contribution in [3.63, 3.8) is 0 Å². The van der Waals surface area contributed by atoms with Crippen LogP contribution >= 0.6 is 11.6 Å². The lowest BCUT2D eigenvalue weighted by atomic mass is 9.72. The summed E-state index contributed by atoms with van der Waals surface area (Å²) in [6, 6.07) is 5.45. The highest BCUT2D eigenvalue weighted by molar-refractivity contribution is 6.31. The number of piperidine rings is 1. The summed E-state index contributed by atoms with van der Waals surface area (Å²) in [5, 5.41) is 0.646. The van der Waals surface area contributed by atoms with E-state index in [1.807, 2.05) is 18.2 Å². The first kappa shape index (κ1) is 20.1. The summed E-state index contributed by atoms with van der Waals surface area (Å²) in [5.74, 6) is 0. The minimum atomic E-state index is -4.54. The summed E-state index contributed by atoms with van der Waals surface area (Å²) in [6.07, 6.45) is -6.04. The van der Waals surface area contributed by atoms with Gasteiger partial charge in [-0.15, -0.1) is 0 Å². The lowest BCUT2D eigenvalue weighted by Crippen LogP contribution is -2.60. The van der Waals surface area contributed by atoms with Crippen molar-refractivity contribution in [2.24, 2.45) is 5.41 Å². The predicted molar refractivity (Wildman–Crippen MR) is 96.4 cm³/mol. The van der Waals surface area contributed by atoms with E-state index in [9.17, 15) is 18.0 Å². The third-order valence-electron chi connectivity index (χ3n) is 5.48. The minimum Gasteiger partial charge on any atom is -0.437 e. The molecule has 2 aliphatic heterocycles. The van der Waals surface area contributed by atoms with E-state index < -0.39 is 18.4 Å². The zero-order chi connectivity index (χ0) is 19.8. The van der Waals surface area contributed by atoms with Crippen molar-refractivity contribution in [2.45, 2.75) is 38.6 Å². The molecule has 2 saturated heterocycles. The van der Waals surface area contributed by atoms with Crippen molar-refractivity contribution in [3.8, 4) is 0 Å². The summed E-state index contributed by atoms with van der Waals surface area (Å²) < 4.78 is 42.1. The quantitative estimate of drug-likeness (QED) is 0.775. The lowest BCUT2D eigenvalue weighted by molar-refractivity contribution is -0.200. The van der Waals surface area contributed by atoms with Gasteiger partial charge in [-0.25, -0.2) is 4.79 Å². The van der Waals surface area contributed by atoms with Crippen molar-refractivity contribution in [3.05, 3.63) is 28.8 Å². The smallest absolute Gasteiger partial charge is 0.425 e. The van der Waals surface area contributed by atoms with Crippen LogP contribution in [0.5, 0.6) is 0 Å². The van der Waals surface area contributed by atoms with Gasteiger partial charge in [0.25, 0.3) is 0 Å². The Labute approximate surface area is 161 Å². The number of halogens is 4. The Hall–Kier alpha value is -1.67. The Morgan fingerprint density at radius 2 is 1.96 bits per heavy atom. The van der Waals surface area contributed by atoms with Crippen LogP contribution in [-0.2, 0) is 11.3 Å². The number of ether oxygens (including phenoxy) is 1. The molecule has 1 amide bonds. The van der Waals surface area contributed by atoms with Gasteiger partial charge in [0, 0.05) is 49.0 Å². The average Bonchev–Trinajstić information content (AvgIpc) is 2.56. The first-order chi connectivity index (χ1) is 12.6. The number of rotatable bonds is 3. The third-order valence-corrected chi connectivity index (χ3v) is 5.83. The second-order valence-electron chi connectivity index (χ2n) is 7.51. The van der Waals surface area contributed by atoms with Crippen LogP contribution in [0.3, 0.4) is 0 Å². The van der Waals surface area contributed by atoms with E-state index in [2.05, 4.69) is 9.64 Å². The van der Waals surface area contributed by atoms with Crippen LogP contribution in [-0.4, -0.2) is 54.4 Å². The number of hydrogen-bond donors (Lipinski definition) is 1. The summed E-state index contributed by atoms with van der Waals surface area (Å²) in [6.45, 7) is 4.05. The molecule has 0 radical (unpaired) electrons. The van der Waals surface area contributed by atoms with E-state index in [1.165, 1.54) is 4.90 Å². The van der Waals surface area contributed by atoms with E-state index in [1.54, 1.807) is 0 Å². The number of hydrogen-bond acceptors (Lipinski definition) is 4. The Morgan fingerprint density at radius 1 is 1.33 bits per heavy atom. The molecule has 2 aliphatic rings. The number of carbonyl (C=O) groups excluding carboxylic acids is 1. The van der Waals surface area contributed by atoms with Crippen molar-refractivity contribution >= 4 is 23.4 Å². The number of nitrogens with two attached hydrogens (primary N) is 1. The number of alkyl halides is 3. The van der Waals surface area contributed by atoms with Crippen LogP contribution in [0.15, 0.2) is 18.2 Å². The standard InChI is InChI=1S/C18H23ClF3N3O2/c1-12(18(20,21)22)27-16(26)25-7-5-17(6-8-25)10-24(11-17)9-13-14(19)3-2-4-15(13)23/h2-4,12H,5-11,23H2,1H3. The molecule has 150 valence electrons. The molecule has 2 N–H and O–H groups in total. The van der Waals surface area contributed by atoms with Gasteiger partial charge in [-0.1, -0.05) is 17.7 Å². The zero-order valence-corrected chi connectivity index (χ0v) is 15.8. The number of carbonyl (C=O) groups is 1. The Morgan fingerprint density at radius 3 is 2.52 bits per heavy atom. The molecule has 5 nitrogen and oxygen atoms in total. The van der Waals surface area contributed by atoms with Gasteiger partial charge >= 0.3 is 12.3 Å². The van der Waals surface area contributed by atoms with Crippen molar-refractivity contribution < 1.29 is 22.7 Å². The summed E-state index contributed by atoms with van der Waals surface area (Å²) in [5.41, 5.74) is 7.67. The fourth-order valence-corrected chi connectivity index (χ4v) is 3.99. The monoisotopic (exact) mass is 405 g/mol. The van der Waals surface area contributed by atoms with Crippen LogP contribution < -0.4 is 5.73 Å². The SMILES string of the molecule is CC(OC(=O)N1CCC2(CC1)CN(Cc1c(N)cccc1Cl)C2)C(F)(F)F. The summed E-state index contributed by atoms with van der Waals surface area (Å²) >= 11 is 6.21. The molecule has 1 aromatic carbocycles. The average molecular weight is 406 g/mol. The Kier molecular flexibility index (Phi) is 5.49. The first-order valence-electron chi connectivity index (χ1n) is 8.87. The zero-order valence-electron chi connectivity index (χ0n) is 15.1. The van der Waals surface area contributed by atoms with Crippen LogP contribution in [0, 0.1) is 5.41 Å². The number of benzene rings is 1. The van der Waals surface area contributed by atoms with Crippen molar-refractivity contribution in [1.29, 1.82) is 0 Å². The van der Waals surface area contributed by atoms with E-state index in [-0.39, 0.29) is 5.41 Å². The summed E-state index contributed by atoms with van der Waals surface area (Å²) in [4.78, 5) is 15.5. The molecule has 0 aliphatic carbocycles. The largest absolute Gasteiger partial charge is 0.437 e. The maximum atomic E-state index is 12.5. The van der Waals surface area contributed by atoms with Gasteiger partial charge in [-0.05, 0) is 37.3 Å². The number of anilines is 1. The van der Waals surface area contributed by atoms with Crippen LogP contribution in [0.25, 0.3) is 0 Å². The minimum absolute atomic E-state index is 0.0996. The van der Waals surface area contributed by atoms with Gasteiger partial charge in [0.15, 0.2) is 6.10 Å². The van der Waals surface area contributed by atoms with Gasteiger partial charge < -0.3 is 15.4 Å². The molecule has 1 aromatic rings. The molecule has 0 aromatic heterocycles. The molecule has 2 heterocycles. The molecule has 3 rings (SSSR count). The highest BCUT2D eigenvalue weighted by Gasteiger charge is 2.46.